The van der Waals surface area contributed by atoms with E-state index >= 15 is 0 Å². The zero-order chi connectivity index (χ0) is 22.5. The van der Waals surface area contributed by atoms with Gasteiger partial charge in [0, 0.05) is 30.2 Å². The number of benzene rings is 1. The van der Waals surface area contributed by atoms with Crippen LogP contribution in [0.3, 0.4) is 0 Å². The van der Waals surface area contributed by atoms with Crippen LogP contribution in [0.5, 0.6) is 0 Å². The minimum atomic E-state index is -0.235. The lowest BCUT2D eigenvalue weighted by Gasteiger charge is -2.10. The quantitative estimate of drug-likeness (QED) is 0.367. The number of carbonyl (C=O) groups is 1. The lowest BCUT2D eigenvalue weighted by molar-refractivity contribution is 0.102. The highest BCUT2D eigenvalue weighted by Crippen LogP contribution is 2.24. The molecule has 32 heavy (non-hydrogen) atoms. The maximum Gasteiger partial charge on any atom is 0.258 e. The molecular weight excluding hydrogens is 402 g/mol. The molecule has 0 fully saturated rings. The van der Waals surface area contributed by atoms with E-state index in [9.17, 15) is 4.79 Å². The van der Waals surface area contributed by atoms with Gasteiger partial charge in [0.25, 0.3) is 5.91 Å². The van der Waals surface area contributed by atoms with Gasteiger partial charge in [0.15, 0.2) is 5.65 Å². The highest BCUT2D eigenvalue weighted by molar-refractivity contribution is 6.11. The molecule has 1 amide bonds. The molecule has 0 aliphatic heterocycles. The summed E-state index contributed by atoms with van der Waals surface area (Å²) in [7, 11) is 4.15. The Hall–Kier alpha value is -3.78. The Kier molecular flexibility index (Phi) is 6.42. The molecule has 0 saturated carbocycles. The van der Waals surface area contributed by atoms with Crippen molar-refractivity contribution in [1.82, 2.24) is 24.8 Å². The SMILES string of the molecule is Cc1ccncc1NC(=O)c1ccnc2nc(-c3ccc(NCCCN(C)C)cc3)[nH]c12. The number of nitrogens with zero attached hydrogens (tertiary/aromatic N) is 4. The number of hydrogen-bond donors (Lipinski definition) is 3. The lowest BCUT2D eigenvalue weighted by atomic mass is 10.2. The molecule has 0 aliphatic rings. The van der Waals surface area contributed by atoms with Gasteiger partial charge in [-0.15, -0.1) is 0 Å². The third-order valence-corrected chi connectivity index (χ3v) is 5.19. The van der Waals surface area contributed by atoms with Crippen molar-refractivity contribution in [2.24, 2.45) is 0 Å². The van der Waals surface area contributed by atoms with Crippen LogP contribution < -0.4 is 10.6 Å². The fourth-order valence-corrected chi connectivity index (χ4v) is 3.40. The van der Waals surface area contributed by atoms with Crippen molar-refractivity contribution in [2.45, 2.75) is 13.3 Å². The van der Waals surface area contributed by atoms with Gasteiger partial charge < -0.3 is 20.5 Å². The minimum Gasteiger partial charge on any atom is -0.385 e. The van der Waals surface area contributed by atoms with Crippen LogP contribution in [0.2, 0.25) is 0 Å². The summed E-state index contributed by atoms with van der Waals surface area (Å²) in [6.07, 6.45) is 6.01. The second kappa shape index (κ2) is 9.57. The van der Waals surface area contributed by atoms with E-state index in [0.717, 1.165) is 36.3 Å². The number of H-pyrrole nitrogens is 1. The standard InChI is InChI=1S/C24H27N7O/c1-16-9-12-25-15-20(16)28-24(32)19-10-13-27-23-21(19)29-22(30-23)17-5-7-18(8-6-17)26-11-4-14-31(2)3/h5-10,12-13,15,26H,4,11,14H2,1-3H3,(H,28,32)(H,27,29,30). The molecule has 8 heteroatoms. The average Bonchev–Trinajstić information content (AvgIpc) is 3.23. The maximum absolute atomic E-state index is 12.9. The molecule has 0 spiro atoms. The van der Waals surface area contributed by atoms with E-state index in [-0.39, 0.29) is 5.91 Å². The predicted molar refractivity (Wildman–Crippen MR) is 128 cm³/mol. The van der Waals surface area contributed by atoms with Crippen LogP contribution in [0, 0.1) is 6.92 Å². The fourth-order valence-electron chi connectivity index (χ4n) is 3.40. The van der Waals surface area contributed by atoms with Gasteiger partial charge >= 0.3 is 0 Å². The second-order valence-electron chi connectivity index (χ2n) is 7.95. The van der Waals surface area contributed by atoms with Crippen molar-refractivity contribution in [3.8, 4) is 11.4 Å². The van der Waals surface area contributed by atoms with Crippen LogP contribution in [0.1, 0.15) is 22.3 Å². The number of aryl methyl sites for hydroxylation is 1. The normalized spacial score (nSPS) is 11.1. The number of aromatic nitrogens is 4. The number of aromatic amines is 1. The van der Waals surface area contributed by atoms with Gasteiger partial charge in [-0.1, -0.05) is 0 Å². The summed E-state index contributed by atoms with van der Waals surface area (Å²) < 4.78 is 0. The molecule has 8 nitrogen and oxygen atoms in total. The molecule has 0 atom stereocenters. The molecule has 164 valence electrons. The van der Waals surface area contributed by atoms with Crippen LogP contribution in [0.15, 0.2) is 55.0 Å². The van der Waals surface area contributed by atoms with Crippen molar-refractivity contribution < 1.29 is 4.79 Å². The minimum absolute atomic E-state index is 0.235. The first-order chi connectivity index (χ1) is 15.5. The number of amides is 1. The monoisotopic (exact) mass is 429 g/mol. The van der Waals surface area contributed by atoms with E-state index < -0.39 is 0 Å². The summed E-state index contributed by atoms with van der Waals surface area (Å²) in [4.78, 5) is 31.4. The zero-order valence-electron chi connectivity index (χ0n) is 18.5. The zero-order valence-corrected chi connectivity index (χ0v) is 18.5. The van der Waals surface area contributed by atoms with Crippen LogP contribution in [0.4, 0.5) is 11.4 Å². The Bertz CT molecular complexity index is 1210. The molecule has 4 rings (SSSR count). The highest BCUT2D eigenvalue weighted by Gasteiger charge is 2.16. The van der Waals surface area contributed by atoms with Gasteiger partial charge in [-0.3, -0.25) is 9.78 Å². The molecule has 1 aromatic carbocycles. The number of fused-ring (bicyclic) bond motifs is 1. The Labute approximate surface area is 187 Å². The third kappa shape index (κ3) is 4.92. The molecule has 0 saturated heterocycles. The van der Waals surface area contributed by atoms with Gasteiger partial charge in [-0.25, -0.2) is 9.97 Å². The van der Waals surface area contributed by atoms with Gasteiger partial charge in [0.1, 0.15) is 5.82 Å². The Morgan fingerprint density at radius 3 is 2.66 bits per heavy atom. The number of rotatable bonds is 8. The van der Waals surface area contributed by atoms with Crippen molar-refractivity contribution in [3.63, 3.8) is 0 Å². The largest absolute Gasteiger partial charge is 0.385 e. The molecule has 0 radical (unpaired) electrons. The van der Waals surface area contributed by atoms with Crippen molar-refractivity contribution in [2.75, 3.05) is 37.8 Å². The average molecular weight is 430 g/mol. The summed E-state index contributed by atoms with van der Waals surface area (Å²) in [5.41, 5.74) is 5.20. The smallest absolute Gasteiger partial charge is 0.258 e. The van der Waals surface area contributed by atoms with E-state index in [0.29, 0.717) is 28.2 Å². The van der Waals surface area contributed by atoms with E-state index in [1.807, 2.05) is 37.3 Å². The van der Waals surface area contributed by atoms with Crippen molar-refractivity contribution in [3.05, 3.63) is 66.1 Å². The van der Waals surface area contributed by atoms with Crippen LogP contribution in [-0.4, -0.2) is 57.9 Å². The lowest BCUT2D eigenvalue weighted by Crippen LogP contribution is -2.16. The van der Waals surface area contributed by atoms with E-state index in [1.165, 1.54) is 0 Å². The molecular formula is C24H27N7O. The number of imidazole rings is 1. The van der Waals surface area contributed by atoms with E-state index in [4.69, 9.17) is 0 Å². The summed E-state index contributed by atoms with van der Waals surface area (Å²) >= 11 is 0. The number of anilines is 2. The number of hydrogen-bond acceptors (Lipinski definition) is 6. The molecule has 3 heterocycles. The van der Waals surface area contributed by atoms with Crippen LogP contribution >= 0.6 is 0 Å². The Morgan fingerprint density at radius 2 is 1.91 bits per heavy atom. The second-order valence-corrected chi connectivity index (χ2v) is 7.95. The Balaban J connectivity index is 1.51. The van der Waals surface area contributed by atoms with Gasteiger partial charge in [0.05, 0.1) is 23.0 Å². The highest BCUT2D eigenvalue weighted by atomic mass is 16.1. The van der Waals surface area contributed by atoms with Crippen LogP contribution in [-0.2, 0) is 0 Å². The van der Waals surface area contributed by atoms with E-state index in [1.54, 1.807) is 24.7 Å². The molecule has 0 aliphatic carbocycles. The molecule has 3 N–H and O–H groups in total. The van der Waals surface area contributed by atoms with Gasteiger partial charge in [0.2, 0.25) is 0 Å². The molecule has 4 aromatic rings. The number of carbonyl (C=O) groups excluding carboxylic acids is 1. The number of nitrogens with one attached hydrogen (secondary N) is 3. The molecule has 3 aromatic heterocycles. The Morgan fingerprint density at radius 1 is 1.09 bits per heavy atom. The third-order valence-electron chi connectivity index (χ3n) is 5.19. The fraction of sp³-hybridized carbons (Fsp3) is 0.250. The van der Waals surface area contributed by atoms with Gasteiger partial charge in [-0.2, -0.15) is 0 Å². The van der Waals surface area contributed by atoms with Crippen molar-refractivity contribution >= 4 is 28.4 Å². The summed E-state index contributed by atoms with van der Waals surface area (Å²) in [6, 6.07) is 11.6. The van der Waals surface area contributed by atoms with E-state index in [2.05, 4.69) is 49.6 Å². The first kappa shape index (κ1) is 21.5. The van der Waals surface area contributed by atoms with Gasteiger partial charge in [-0.05, 0) is 75.9 Å². The van der Waals surface area contributed by atoms with Crippen molar-refractivity contribution in [1.29, 1.82) is 0 Å². The summed E-state index contributed by atoms with van der Waals surface area (Å²) in [5, 5.41) is 6.35. The molecule has 0 unspecified atom stereocenters. The predicted octanol–water partition coefficient (Wildman–Crippen LogP) is 3.94. The number of pyridine rings is 2. The first-order valence-corrected chi connectivity index (χ1v) is 10.6. The summed E-state index contributed by atoms with van der Waals surface area (Å²) in [6.45, 7) is 3.89. The topological polar surface area (TPSA) is 98.8 Å². The first-order valence-electron chi connectivity index (χ1n) is 10.6. The molecule has 0 bridgehead atoms. The maximum atomic E-state index is 12.9. The summed E-state index contributed by atoms with van der Waals surface area (Å²) in [5.74, 6) is 0.436. The van der Waals surface area contributed by atoms with Crippen LogP contribution in [0.25, 0.3) is 22.6 Å².